The van der Waals surface area contributed by atoms with Crippen LogP contribution < -0.4 is 5.32 Å². The number of rotatable bonds is 7. The Bertz CT molecular complexity index is 219. The predicted octanol–water partition coefficient (Wildman–Crippen LogP) is 0.308. The van der Waals surface area contributed by atoms with Gasteiger partial charge in [-0.2, -0.15) is 0 Å². The molecule has 0 aliphatic rings. The smallest absolute Gasteiger partial charge is 0.326 e. The van der Waals surface area contributed by atoms with Crippen LogP contribution in [0.4, 0.5) is 0 Å². The first-order valence-electron chi connectivity index (χ1n) is 5.17. The van der Waals surface area contributed by atoms with E-state index in [-0.39, 0.29) is 5.91 Å². The number of carbonyl (C=O) groups is 2. The molecule has 0 bridgehead atoms. The Morgan fingerprint density at radius 2 is 2.07 bits per heavy atom. The highest BCUT2D eigenvalue weighted by atomic mass is 16.4. The van der Waals surface area contributed by atoms with E-state index in [0.717, 1.165) is 13.0 Å². The Balaban J connectivity index is 4.10. The summed E-state index contributed by atoms with van der Waals surface area (Å²) in [4.78, 5) is 23.7. The van der Waals surface area contributed by atoms with E-state index in [1.54, 1.807) is 14.0 Å². The average molecular weight is 216 g/mol. The SMILES string of the molecule is CCC(C(=O)O)N(C)C(=O)CCCNC. The monoisotopic (exact) mass is 216 g/mol. The highest BCUT2D eigenvalue weighted by Gasteiger charge is 2.23. The Morgan fingerprint density at radius 3 is 2.47 bits per heavy atom. The predicted molar refractivity (Wildman–Crippen MR) is 57.6 cm³/mol. The number of carboxylic acid groups (broad SMARTS) is 1. The third kappa shape index (κ3) is 4.78. The molecule has 0 fully saturated rings. The number of nitrogens with one attached hydrogen (secondary N) is 1. The van der Waals surface area contributed by atoms with Crippen LogP contribution in [-0.2, 0) is 9.59 Å². The molecular formula is C10H20N2O3. The van der Waals surface area contributed by atoms with Crippen LogP contribution in [0.3, 0.4) is 0 Å². The minimum absolute atomic E-state index is 0.112. The first-order valence-corrected chi connectivity index (χ1v) is 5.17. The van der Waals surface area contributed by atoms with Crippen molar-refractivity contribution in [2.24, 2.45) is 0 Å². The lowest BCUT2D eigenvalue weighted by Gasteiger charge is -2.23. The third-order valence-corrected chi connectivity index (χ3v) is 2.35. The number of hydrogen-bond donors (Lipinski definition) is 2. The molecule has 0 aromatic carbocycles. The lowest BCUT2D eigenvalue weighted by molar-refractivity contribution is -0.149. The number of carbonyl (C=O) groups excluding carboxylic acids is 1. The summed E-state index contributed by atoms with van der Waals surface area (Å²) in [6.07, 6.45) is 1.56. The third-order valence-electron chi connectivity index (χ3n) is 2.35. The highest BCUT2D eigenvalue weighted by molar-refractivity contribution is 5.83. The van der Waals surface area contributed by atoms with Gasteiger partial charge in [-0.05, 0) is 26.4 Å². The zero-order chi connectivity index (χ0) is 11.8. The van der Waals surface area contributed by atoms with Crippen molar-refractivity contribution in [1.29, 1.82) is 0 Å². The summed E-state index contributed by atoms with van der Waals surface area (Å²) >= 11 is 0. The fraction of sp³-hybridized carbons (Fsp3) is 0.800. The fourth-order valence-electron chi connectivity index (χ4n) is 1.38. The van der Waals surface area contributed by atoms with Crippen molar-refractivity contribution in [3.05, 3.63) is 0 Å². The largest absolute Gasteiger partial charge is 0.480 e. The molecule has 0 aliphatic carbocycles. The van der Waals surface area contributed by atoms with Gasteiger partial charge in [0.1, 0.15) is 6.04 Å². The molecule has 0 saturated heterocycles. The minimum atomic E-state index is -0.943. The number of amides is 1. The maximum Gasteiger partial charge on any atom is 0.326 e. The van der Waals surface area contributed by atoms with E-state index in [1.165, 1.54) is 4.90 Å². The lowest BCUT2D eigenvalue weighted by Crippen LogP contribution is -2.42. The first kappa shape index (κ1) is 13.9. The quantitative estimate of drug-likeness (QED) is 0.601. The second-order valence-electron chi connectivity index (χ2n) is 3.47. The lowest BCUT2D eigenvalue weighted by atomic mass is 10.2. The summed E-state index contributed by atoms with van der Waals surface area (Å²) < 4.78 is 0. The van der Waals surface area contributed by atoms with Crippen molar-refractivity contribution >= 4 is 11.9 Å². The van der Waals surface area contributed by atoms with Gasteiger partial charge in [-0.25, -0.2) is 4.79 Å². The van der Waals surface area contributed by atoms with Crippen LogP contribution in [0.2, 0.25) is 0 Å². The Hall–Kier alpha value is -1.10. The molecule has 1 amide bonds. The van der Waals surface area contributed by atoms with Crippen molar-refractivity contribution in [2.45, 2.75) is 32.2 Å². The number of hydrogen-bond acceptors (Lipinski definition) is 3. The van der Waals surface area contributed by atoms with Gasteiger partial charge in [-0.15, -0.1) is 0 Å². The van der Waals surface area contributed by atoms with Gasteiger partial charge in [0.05, 0.1) is 0 Å². The van der Waals surface area contributed by atoms with Gasteiger partial charge >= 0.3 is 5.97 Å². The van der Waals surface area contributed by atoms with Crippen LogP contribution in [-0.4, -0.2) is 48.6 Å². The molecule has 1 atom stereocenters. The molecule has 88 valence electrons. The molecule has 0 rings (SSSR count). The molecule has 0 heterocycles. The Kier molecular flexibility index (Phi) is 6.70. The van der Waals surface area contributed by atoms with Crippen LogP contribution in [0.25, 0.3) is 0 Å². The van der Waals surface area contributed by atoms with Gasteiger partial charge in [-0.1, -0.05) is 6.92 Å². The van der Waals surface area contributed by atoms with Gasteiger partial charge in [0, 0.05) is 13.5 Å². The normalized spacial score (nSPS) is 12.2. The molecule has 0 aliphatic heterocycles. The van der Waals surface area contributed by atoms with Gasteiger partial charge in [0.15, 0.2) is 0 Å². The van der Waals surface area contributed by atoms with E-state index in [1.807, 2.05) is 7.05 Å². The van der Waals surface area contributed by atoms with Gasteiger partial charge < -0.3 is 15.3 Å². The summed E-state index contributed by atoms with van der Waals surface area (Å²) in [7, 11) is 3.37. The van der Waals surface area contributed by atoms with Crippen molar-refractivity contribution in [3.63, 3.8) is 0 Å². The van der Waals surface area contributed by atoms with Gasteiger partial charge in [0.25, 0.3) is 0 Å². The zero-order valence-corrected chi connectivity index (χ0v) is 9.62. The van der Waals surface area contributed by atoms with E-state index in [0.29, 0.717) is 12.8 Å². The number of nitrogens with zero attached hydrogens (tertiary/aromatic N) is 1. The standard InChI is InChI=1S/C10H20N2O3/c1-4-8(10(14)15)12(3)9(13)6-5-7-11-2/h8,11H,4-7H2,1-3H3,(H,14,15). The van der Waals surface area contributed by atoms with Crippen LogP contribution in [0.1, 0.15) is 26.2 Å². The molecule has 0 aromatic rings. The molecule has 0 spiro atoms. The Morgan fingerprint density at radius 1 is 1.47 bits per heavy atom. The van der Waals surface area contributed by atoms with Crippen molar-refractivity contribution < 1.29 is 14.7 Å². The van der Waals surface area contributed by atoms with Gasteiger partial charge in [-0.3, -0.25) is 4.79 Å². The minimum Gasteiger partial charge on any atom is -0.480 e. The summed E-state index contributed by atoms with van der Waals surface area (Å²) in [5.41, 5.74) is 0. The average Bonchev–Trinajstić information content (AvgIpc) is 2.18. The summed E-state index contributed by atoms with van der Waals surface area (Å²) in [6, 6.07) is -0.702. The molecule has 0 saturated carbocycles. The topological polar surface area (TPSA) is 69.6 Å². The zero-order valence-electron chi connectivity index (χ0n) is 9.62. The maximum atomic E-state index is 11.6. The summed E-state index contributed by atoms with van der Waals surface area (Å²) in [5.74, 6) is -1.05. The van der Waals surface area contributed by atoms with Crippen molar-refractivity contribution in [3.8, 4) is 0 Å². The van der Waals surface area contributed by atoms with E-state index < -0.39 is 12.0 Å². The van der Waals surface area contributed by atoms with E-state index in [2.05, 4.69) is 5.32 Å². The fourth-order valence-corrected chi connectivity index (χ4v) is 1.38. The van der Waals surface area contributed by atoms with Crippen LogP contribution in [0, 0.1) is 0 Å². The van der Waals surface area contributed by atoms with Crippen LogP contribution in [0.15, 0.2) is 0 Å². The maximum absolute atomic E-state index is 11.6. The van der Waals surface area contributed by atoms with Crippen molar-refractivity contribution in [2.75, 3.05) is 20.6 Å². The van der Waals surface area contributed by atoms with Crippen LogP contribution in [0.5, 0.6) is 0 Å². The summed E-state index contributed by atoms with van der Waals surface area (Å²) in [6.45, 7) is 2.53. The second kappa shape index (κ2) is 7.23. The molecule has 1 unspecified atom stereocenters. The molecule has 2 N–H and O–H groups in total. The number of likely N-dealkylation sites (N-methyl/N-ethyl adjacent to an activating group) is 1. The van der Waals surface area contributed by atoms with Crippen molar-refractivity contribution in [1.82, 2.24) is 10.2 Å². The highest BCUT2D eigenvalue weighted by Crippen LogP contribution is 2.05. The molecule has 5 nitrogen and oxygen atoms in total. The number of aliphatic carboxylic acids is 1. The summed E-state index contributed by atoms with van der Waals surface area (Å²) in [5, 5.41) is 11.8. The second-order valence-corrected chi connectivity index (χ2v) is 3.47. The first-order chi connectivity index (χ1) is 7.04. The van der Waals surface area contributed by atoms with E-state index >= 15 is 0 Å². The Labute approximate surface area is 90.5 Å². The molecule has 0 radical (unpaired) electrons. The van der Waals surface area contributed by atoms with Gasteiger partial charge in [0.2, 0.25) is 5.91 Å². The van der Waals surface area contributed by atoms with E-state index in [4.69, 9.17) is 5.11 Å². The molecule has 5 heteroatoms. The molecular weight excluding hydrogens is 196 g/mol. The molecule has 15 heavy (non-hydrogen) atoms. The van der Waals surface area contributed by atoms with E-state index in [9.17, 15) is 9.59 Å². The number of carboxylic acids is 1. The van der Waals surface area contributed by atoms with Crippen LogP contribution >= 0.6 is 0 Å². The molecule has 0 aromatic heterocycles.